The number of nitrogens with one attached hydrogen (secondary N) is 1. The Kier molecular flexibility index (Phi) is 6.11. The first-order valence-electron chi connectivity index (χ1n) is 9.49. The van der Waals surface area contributed by atoms with Gasteiger partial charge in [0.2, 0.25) is 5.91 Å². The van der Waals surface area contributed by atoms with Gasteiger partial charge in [0, 0.05) is 23.7 Å². The van der Waals surface area contributed by atoms with Gasteiger partial charge < -0.3 is 14.6 Å². The number of hydrogen-bond donors (Lipinski definition) is 1. The van der Waals surface area contributed by atoms with E-state index in [-0.39, 0.29) is 24.0 Å². The lowest BCUT2D eigenvalue weighted by atomic mass is 10.0. The smallest absolute Gasteiger partial charge is 0.338 e. The van der Waals surface area contributed by atoms with Crippen molar-refractivity contribution in [2.24, 2.45) is 5.92 Å². The number of aryl methyl sites for hydroxylation is 1. The van der Waals surface area contributed by atoms with Crippen molar-refractivity contribution in [3.8, 4) is 0 Å². The van der Waals surface area contributed by atoms with Crippen LogP contribution in [0.25, 0.3) is 5.65 Å². The van der Waals surface area contributed by atoms with Crippen LogP contribution >= 0.6 is 0 Å². The molecule has 152 valence electrons. The van der Waals surface area contributed by atoms with E-state index in [0.29, 0.717) is 28.4 Å². The molecule has 0 saturated carbocycles. The quantitative estimate of drug-likeness (QED) is 0.614. The fourth-order valence-electron chi connectivity index (χ4n) is 2.96. The van der Waals surface area contributed by atoms with E-state index in [0.717, 1.165) is 17.4 Å². The Labute approximate surface area is 167 Å². The highest BCUT2D eigenvalue weighted by molar-refractivity contribution is 5.94. The number of nitrogens with zero attached hydrogens (tertiary/aromatic N) is 2. The summed E-state index contributed by atoms with van der Waals surface area (Å²) in [7, 11) is 0. The number of hydrogen-bond acceptors (Lipinski definition) is 6. The average molecular weight is 397 g/mol. The molecule has 0 aliphatic carbocycles. The van der Waals surface area contributed by atoms with E-state index in [9.17, 15) is 14.4 Å². The molecule has 8 nitrogen and oxygen atoms in total. The number of benzene rings is 1. The molecule has 1 aromatic carbocycles. The lowest BCUT2D eigenvalue weighted by molar-refractivity contribution is -0.120. The lowest BCUT2D eigenvalue weighted by Gasteiger charge is -2.13. The Morgan fingerprint density at radius 2 is 1.86 bits per heavy atom. The minimum Gasteiger partial charge on any atom is -0.456 e. The van der Waals surface area contributed by atoms with Crippen LogP contribution in [0.15, 0.2) is 45.7 Å². The fourth-order valence-corrected chi connectivity index (χ4v) is 2.96. The summed E-state index contributed by atoms with van der Waals surface area (Å²) in [6.07, 6.45) is 1.54. The molecule has 0 aliphatic rings. The Morgan fingerprint density at radius 3 is 2.52 bits per heavy atom. The van der Waals surface area contributed by atoms with Gasteiger partial charge in [0.25, 0.3) is 5.56 Å². The van der Waals surface area contributed by atoms with Crippen molar-refractivity contribution >= 4 is 23.2 Å². The molecule has 0 atom stereocenters. The van der Waals surface area contributed by atoms with Gasteiger partial charge in [0.05, 0.1) is 11.3 Å². The monoisotopic (exact) mass is 397 g/mol. The molecule has 3 aromatic rings. The van der Waals surface area contributed by atoms with Gasteiger partial charge in [-0.15, -0.1) is 4.57 Å². The SMILES string of the molecule is CCC(CC)C(=O)Nc1ccc(C(=O)OCc2cc(=O)n3oc(C)cc3n2)cc1. The van der Waals surface area contributed by atoms with Gasteiger partial charge in [-0.05, 0) is 44.0 Å². The summed E-state index contributed by atoms with van der Waals surface area (Å²) >= 11 is 0. The zero-order valence-corrected chi connectivity index (χ0v) is 16.6. The van der Waals surface area contributed by atoms with E-state index in [1.54, 1.807) is 37.3 Å². The van der Waals surface area contributed by atoms with Crippen LogP contribution in [0.4, 0.5) is 5.69 Å². The largest absolute Gasteiger partial charge is 0.456 e. The molecular weight excluding hydrogens is 374 g/mol. The van der Waals surface area contributed by atoms with Gasteiger partial charge in [-0.1, -0.05) is 13.8 Å². The van der Waals surface area contributed by atoms with Crippen molar-refractivity contribution < 1.29 is 18.8 Å². The van der Waals surface area contributed by atoms with E-state index in [1.165, 1.54) is 6.07 Å². The Morgan fingerprint density at radius 1 is 1.17 bits per heavy atom. The molecule has 1 amide bonds. The van der Waals surface area contributed by atoms with Gasteiger partial charge in [0.15, 0.2) is 5.65 Å². The van der Waals surface area contributed by atoms with Gasteiger partial charge in [-0.25, -0.2) is 9.78 Å². The van der Waals surface area contributed by atoms with Crippen LogP contribution in [-0.2, 0) is 16.1 Å². The minimum atomic E-state index is -0.548. The lowest BCUT2D eigenvalue weighted by Crippen LogP contribution is -2.21. The van der Waals surface area contributed by atoms with Crippen LogP contribution in [-0.4, -0.2) is 21.4 Å². The number of amides is 1. The first kappa shape index (κ1) is 20.3. The predicted octanol–water partition coefficient (Wildman–Crippen LogP) is 3.33. The summed E-state index contributed by atoms with van der Waals surface area (Å²) in [5.41, 5.74) is 1.26. The zero-order valence-electron chi connectivity index (χ0n) is 16.6. The van der Waals surface area contributed by atoms with Gasteiger partial charge in [-0.3, -0.25) is 9.59 Å². The van der Waals surface area contributed by atoms with Crippen molar-refractivity contribution in [2.75, 3.05) is 5.32 Å². The predicted molar refractivity (Wildman–Crippen MR) is 107 cm³/mol. The maximum absolute atomic E-state index is 12.3. The first-order valence-corrected chi connectivity index (χ1v) is 9.49. The van der Waals surface area contributed by atoms with Crippen molar-refractivity contribution in [2.45, 2.75) is 40.2 Å². The molecule has 1 N–H and O–H groups in total. The third kappa shape index (κ3) is 4.71. The maximum Gasteiger partial charge on any atom is 0.338 e. The maximum atomic E-state index is 12.3. The van der Waals surface area contributed by atoms with E-state index in [1.807, 2.05) is 13.8 Å². The number of ether oxygens (including phenoxy) is 1. The van der Waals surface area contributed by atoms with Crippen LogP contribution in [0.2, 0.25) is 0 Å². The average Bonchev–Trinajstić information content (AvgIpc) is 3.08. The number of rotatable bonds is 7. The third-order valence-corrected chi connectivity index (χ3v) is 4.62. The van der Waals surface area contributed by atoms with Crippen LogP contribution in [0.5, 0.6) is 0 Å². The van der Waals surface area contributed by atoms with Crippen molar-refractivity contribution in [1.82, 2.24) is 9.56 Å². The molecule has 0 saturated heterocycles. The Bertz CT molecular complexity index is 1080. The van der Waals surface area contributed by atoms with E-state index in [2.05, 4.69) is 10.3 Å². The van der Waals surface area contributed by atoms with Gasteiger partial charge in [0.1, 0.15) is 12.4 Å². The summed E-state index contributed by atoms with van der Waals surface area (Å²) in [5.74, 6) is -0.0616. The number of fused-ring (bicyclic) bond motifs is 1. The summed E-state index contributed by atoms with van der Waals surface area (Å²) in [6, 6.07) is 9.36. The number of carbonyl (C=O) groups excluding carboxylic acids is 2. The number of carbonyl (C=O) groups is 2. The molecule has 2 heterocycles. The zero-order chi connectivity index (χ0) is 21.0. The van der Waals surface area contributed by atoms with E-state index < -0.39 is 5.97 Å². The first-order chi connectivity index (χ1) is 13.9. The molecule has 0 fully saturated rings. The number of esters is 1. The minimum absolute atomic E-state index is 0.0347. The van der Waals surface area contributed by atoms with Gasteiger partial charge in [-0.2, -0.15) is 0 Å². The van der Waals surface area contributed by atoms with E-state index in [4.69, 9.17) is 9.26 Å². The molecule has 0 bridgehead atoms. The summed E-state index contributed by atoms with van der Waals surface area (Å²) < 4.78 is 11.6. The van der Waals surface area contributed by atoms with E-state index >= 15 is 0 Å². The Balaban J connectivity index is 1.62. The van der Waals surface area contributed by atoms with Crippen molar-refractivity contribution in [3.63, 3.8) is 0 Å². The molecule has 29 heavy (non-hydrogen) atoms. The molecule has 0 radical (unpaired) electrons. The second-order valence-electron chi connectivity index (χ2n) is 6.74. The number of anilines is 1. The van der Waals surface area contributed by atoms with Gasteiger partial charge >= 0.3 is 5.97 Å². The molecule has 8 heteroatoms. The molecule has 0 unspecified atom stereocenters. The topological polar surface area (TPSA) is 103 Å². The summed E-state index contributed by atoms with van der Waals surface area (Å²) in [5, 5.41) is 2.85. The highest BCUT2D eigenvalue weighted by atomic mass is 16.5. The molecular formula is C21H23N3O5. The number of aromatic nitrogens is 2. The second kappa shape index (κ2) is 8.72. The highest BCUT2D eigenvalue weighted by Gasteiger charge is 2.15. The summed E-state index contributed by atoms with van der Waals surface area (Å²) in [6.45, 7) is 5.52. The molecule has 0 aliphatic heterocycles. The Hall–Kier alpha value is -3.42. The van der Waals surface area contributed by atoms with Crippen LogP contribution in [0, 0.1) is 12.8 Å². The van der Waals surface area contributed by atoms with Crippen molar-refractivity contribution in [3.05, 3.63) is 63.8 Å². The van der Waals surface area contributed by atoms with Crippen LogP contribution in [0.1, 0.15) is 48.5 Å². The third-order valence-electron chi connectivity index (χ3n) is 4.62. The highest BCUT2D eigenvalue weighted by Crippen LogP contribution is 2.15. The van der Waals surface area contributed by atoms with Crippen LogP contribution < -0.4 is 10.9 Å². The molecule has 2 aromatic heterocycles. The van der Waals surface area contributed by atoms with Crippen molar-refractivity contribution in [1.29, 1.82) is 0 Å². The van der Waals surface area contributed by atoms with Crippen LogP contribution in [0.3, 0.4) is 0 Å². The fraction of sp³-hybridized carbons (Fsp3) is 0.333. The molecule has 0 spiro atoms. The second-order valence-corrected chi connectivity index (χ2v) is 6.74. The normalized spacial score (nSPS) is 11.0. The standard InChI is InChI=1S/C21H23N3O5/c1-4-14(5-2)20(26)23-16-8-6-15(7-9-16)21(27)28-12-17-11-19(25)24-18(22-17)10-13(3)29-24/h6-11,14H,4-5,12H2,1-3H3,(H,23,26). The molecule has 3 rings (SSSR count). The summed E-state index contributed by atoms with van der Waals surface area (Å²) in [4.78, 5) is 40.6.